The fourth-order valence-corrected chi connectivity index (χ4v) is 3.15. The van der Waals surface area contributed by atoms with Gasteiger partial charge in [-0.15, -0.1) is 0 Å². The summed E-state index contributed by atoms with van der Waals surface area (Å²) < 4.78 is 5.46. The standard InChI is InChI=1S/C22H20N4O3/c1-22(2,3)19-16(24-12-29-19)11-18-21(28)25-17(20(27)26-18)10-13-8-9-23-15-7-5-4-6-14(13)15/h4-12H,1-3H3,(H,25,28)(H,26,27). The first-order chi connectivity index (χ1) is 13.8. The fourth-order valence-electron chi connectivity index (χ4n) is 3.15. The number of H-pyrrole nitrogens is 2. The molecule has 3 aromatic heterocycles. The molecular formula is C22H20N4O3. The summed E-state index contributed by atoms with van der Waals surface area (Å²) in [6, 6.07) is 9.40. The first-order valence-electron chi connectivity index (χ1n) is 9.17. The molecule has 3 heterocycles. The number of aromatic amines is 2. The van der Waals surface area contributed by atoms with Crippen LogP contribution in [0.4, 0.5) is 0 Å². The van der Waals surface area contributed by atoms with Gasteiger partial charge >= 0.3 is 0 Å². The van der Waals surface area contributed by atoms with Crippen LogP contribution in [0.1, 0.15) is 37.8 Å². The minimum atomic E-state index is -0.419. The van der Waals surface area contributed by atoms with Gasteiger partial charge in [0.1, 0.15) is 22.2 Å². The van der Waals surface area contributed by atoms with Gasteiger partial charge in [0, 0.05) is 17.0 Å². The summed E-state index contributed by atoms with van der Waals surface area (Å²) in [6.07, 6.45) is 6.16. The number of hydrogen-bond acceptors (Lipinski definition) is 5. The van der Waals surface area contributed by atoms with Crippen LogP contribution in [-0.2, 0) is 5.41 Å². The largest absolute Gasteiger partial charge is 0.447 e. The van der Waals surface area contributed by atoms with Gasteiger partial charge in [-0.3, -0.25) is 14.6 Å². The third kappa shape index (κ3) is 3.67. The molecule has 7 nitrogen and oxygen atoms in total. The van der Waals surface area contributed by atoms with Crippen LogP contribution in [0.5, 0.6) is 0 Å². The first-order valence-corrected chi connectivity index (χ1v) is 9.17. The maximum absolute atomic E-state index is 12.6. The molecule has 0 fully saturated rings. The maximum atomic E-state index is 12.6. The fraction of sp³-hybridized carbons (Fsp3) is 0.182. The van der Waals surface area contributed by atoms with Gasteiger partial charge < -0.3 is 14.4 Å². The minimum Gasteiger partial charge on any atom is -0.447 e. The Labute approximate surface area is 165 Å². The van der Waals surface area contributed by atoms with Crippen molar-refractivity contribution in [1.29, 1.82) is 0 Å². The number of oxazole rings is 1. The van der Waals surface area contributed by atoms with E-state index in [1.54, 1.807) is 18.3 Å². The van der Waals surface area contributed by atoms with Gasteiger partial charge in [-0.25, -0.2) is 4.98 Å². The molecule has 4 aromatic rings. The second-order valence-corrected chi connectivity index (χ2v) is 7.76. The zero-order chi connectivity index (χ0) is 20.6. The van der Waals surface area contributed by atoms with Crippen molar-refractivity contribution in [2.24, 2.45) is 0 Å². The van der Waals surface area contributed by atoms with Crippen LogP contribution in [0.15, 0.2) is 56.9 Å². The second-order valence-electron chi connectivity index (χ2n) is 7.76. The predicted octanol–water partition coefficient (Wildman–Crippen LogP) is 1.55. The molecule has 7 heteroatoms. The Morgan fingerprint density at radius 2 is 1.62 bits per heavy atom. The quantitative estimate of drug-likeness (QED) is 0.542. The Morgan fingerprint density at radius 1 is 0.931 bits per heavy atom. The predicted molar refractivity (Wildman–Crippen MR) is 111 cm³/mol. The highest BCUT2D eigenvalue weighted by molar-refractivity contribution is 5.87. The molecule has 0 aliphatic carbocycles. The maximum Gasteiger partial charge on any atom is 0.272 e. The second kappa shape index (κ2) is 7.01. The van der Waals surface area contributed by atoms with Crippen LogP contribution in [0.3, 0.4) is 0 Å². The molecule has 146 valence electrons. The average Bonchev–Trinajstić information content (AvgIpc) is 3.15. The molecule has 29 heavy (non-hydrogen) atoms. The Morgan fingerprint density at radius 3 is 2.34 bits per heavy atom. The highest BCUT2D eigenvalue weighted by Gasteiger charge is 2.21. The summed E-state index contributed by atoms with van der Waals surface area (Å²) in [7, 11) is 0. The zero-order valence-electron chi connectivity index (χ0n) is 16.3. The van der Waals surface area contributed by atoms with Crippen molar-refractivity contribution in [2.45, 2.75) is 26.2 Å². The van der Waals surface area contributed by atoms with Gasteiger partial charge in [-0.05, 0) is 29.8 Å². The molecule has 0 saturated carbocycles. The lowest BCUT2D eigenvalue weighted by Gasteiger charge is -2.14. The van der Waals surface area contributed by atoms with E-state index >= 15 is 0 Å². The van der Waals surface area contributed by atoms with Gasteiger partial charge in [0.25, 0.3) is 11.1 Å². The summed E-state index contributed by atoms with van der Waals surface area (Å²) in [6.45, 7) is 5.94. The van der Waals surface area contributed by atoms with Crippen molar-refractivity contribution < 1.29 is 4.42 Å². The van der Waals surface area contributed by atoms with Crippen molar-refractivity contribution in [1.82, 2.24) is 19.9 Å². The van der Waals surface area contributed by atoms with Crippen molar-refractivity contribution in [2.75, 3.05) is 0 Å². The first kappa shape index (κ1) is 18.6. The van der Waals surface area contributed by atoms with Crippen molar-refractivity contribution in [3.8, 4) is 0 Å². The molecular weight excluding hydrogens is 368 g/mol. The van der Waals surface area contributed by atoms with E-state index in [1.807, 2.05) is 45.0 Å². The monoisotopic (exact) mass is 388 g/mol. The number of pyridine rings is 1. The van der Waals surface area contributed by atoms with Crippen LogP contribution >= 0.6 is 0 Å². The normalized spacial score (nSPS) is 13.3. The number of rotatable bonds is 2. The summed E-state index contributed by atoms with van der Waals surface area (Å²) in [4.78, 5) is 39.0. The molecule has 0 amide bonds. The minimum absolute atomic E-state index is 0.117. The van der Waals surface area contributed by atoms with Crippen molar-refractivity contribution >= 4 is 23.1 Å². The average molecular weight is 388 g/mol. The van der Waals surface area contributed by atoms with E-state index < -0.39 is 11.1 Å². The Hall–Kier alpha value is -3.74. The number of para-hydroxylation sites is 1. The lowest BCUT2D eigenvalue weighted by atomic mass is 9.92. The van der Waals surface area contributed by atoms with Crippen LogP contribution in [0.25, 0.3) is 23.1 Å². The van der Waals surface area contributed by atoms with E-state index in [2.05, 4.69) is 19.9 Å². The zero-order valence-corrected chi connectivity index (χ0v) is 16.3. The Balaban J connectivity index is 1.87. The van der Waals surface area contributed by atoms with Gasteiger partial charge in [0.2, 0.25) is 0 Å². The van der Waals surface area contributed by atoms with E-state index in [9.17, 15) is 9.59 Å². The highest BCUT2D eigenvalue weighted by Crippen LogP contribution is 2.25. The van der Waals surface area contributed by atoms with Crippen LogP contribution in [0.2, 0.25) is 0 Å². The number of nitrogens with one attached hydrogen (secondary N) is 2. The number of benzene rings is 1. The molecule has 0 unspecified atom stereocenters. The van der Waals surface area contributed by atoms with E-state index in [-0.39, 0.29) is 16.1 Å². The molecule has 0 bridgehead atoms. The number of aromatic nitrogens is 4. The lowest BCUT2D eigenvalue weighted by Crippen LogP contribution is -2.46. The summed E-state index contributed by atoms with van der Waals surface area (Å²) in [5.74, 6) is 0.636. The molecule has 0 radical (unpaired) electrons. The molecule has 0 atom stereocenters. The van der Waals surface area contributed by atoms with Crippen LogP contribution in [-0.4, -0.2) is 19.9 Å². The summed E-state index contributed by atoms with van der Waals surface area (Å²) in [5.41, 5.74) is 1.00. The van der Waals surface area contributed by atoms with Crippen LogP contribution < -0.4 is 21.8 Å². The van der Waals surface area contributed by atoms with Gasteiger partial charge in [0.05, 0.1) is 5.52 Å². The van der Waals surface area contributed by atoms with Gasteiger partial charge in [0.15, 0.2) is 6.39 Å². The van der Waals surface area contributed by atoms with E-state index in [4.69, 9.17) is 4.42 Å². The third-order valence-electron chi connectivity index (χ3n) is 4.53. The Kier molecular flexibility index (Phi) is 4.50. The summed E-state index contributed by atoms with van der Waals surface area (Å²) >= 11 is 0. The SMILES string of the molecule is CC(C)(C)c1ocnc1C=c1[nH]c(=O)c(=Cc2ccnc3ccccc23)[nH]c1=O. The topological polar surface area (TPSA) is 105 Å². The number of hydrogen-bond donors (Lipinski definition) is 2. The smallest absolute Gasteiger partial charge is 0.272 e. The van der Waals surface area contributed by atoms with Gasteiger partial charge in [-0.1, -0.05) is 39.0 Å². The molecule has 0 aliphatic heterocycles. The van der Waals surface area contributed by atoms with E-state index in [0.29, 0.717) is 11.5 Å². The molecule has 1 aromatic carbocycles. The molecule has 0 spiro atoms. The molecule has 4 rings (SSSR count). The van der Waals surface area contributed by atoms with E-state index in [0.717, 1.165) is 16.5 Å². The van der Waals surface area contributed by atoms with Crippen molar-refractivity contribution in [3.63, 3.8) is 0 Å². The highest BCUT2D eigenvalue weighted by atomic mass is 16.3. The molecule has 0 aliphatic rings. The molecule has 0 saturated heterocycles. The number of nitrogens with zero attached hydrogens (tertiary/aromatic N) is 2. The summed E-state index contributed by atoms with van der Waals surface area (Å²) in [5, 5.41) is 1.18. The number of fused-ring (bicyclic) bond motifs is 1. The van der Waals surface area contributed by atoms with Crippen molar-refractivity contribution in [3.05, 3.63) is 91.3 Å². The molecule has 2 N–H and O–H groups in total. The van der Waals surface area contributed by atoms with E-state index in [1.165, 1.54) is 12.5 Å². The van der Waals surface area contributed by atoms with Gasteiger partial charge in [-0.2, -0.15) is 0 Å². The van der Waals surface area contributed by atoms with Crippen LogP contribution in [0, 0.1) is 0 Å². The lowest BCUT2D eigenvalue weighted by molar-refractivity contribution is 0.407. The third-order valence-corrected chi connectivity index (χ3v) is 4.53. The Bertz CT molecular complexity index is 1430.